The molecule has 0 saturated heterocycles. The first-order chi connectivity index (χ1) is 9.36. The second kappa shape index (κ2) is 7.07. The van der Waals surface area contributed by atoms with E-state index in [0.717, 1.165) is 12.1 Å². The van der Waals surface area contributed by atoms with Crippen LogP contribution in [0.15, 0.2) is 29.3 Å². The predicted molar refractivity (Wildman–Crippen MR) is 70.1 cm³/mol. The Balaban J connectivity index is 2.93. The van der Waals surface area contributed by atoms with Crippen molar-refractivity contribution in [2.24, 2.45) is 4.99 Å². The molecule has 0 aliphatic rings. The fourth-order valence-electron chi connectivity index (χ4n) is 1.56. The number of esters is 1. The summed E-state index contributed by atoms with van der Waals surface area (Å²) in [5.74, 6) is -0.430. The van der Waals surface area contributed by atoms with E-state index in [1.807, 2.05) is 0 Å². The topological polar surface area (TPSA) is 38.7 Å². The molecule has 0 amide bonds. The highest BCUT2D eigenvalue weighted by Crippen LogP contribution is 2.31. The van der Waals surface area contributed by atoms with E-state index in [0.29, 0.717) is 12.1 Å². The number of hydrogen-bond donors (Lipinski definition) is 0. The third-order valence-electron chi connectivity index (χ3n) is 2.52. The maximum absolute atomic E-state index is 12.6. The molecule has 0 N–H and O–H groups in total. The van der Waals surface area contributed by atoms with Gasteiger partial charge in [-0.15, -0.1) is 0 Å². The van der Waals surface area contributed by atoms with E-state index in [2.05, 4.69) is 4.99 Å². The average molecular weight is 287 g/mol. The number of ether oxygens (including phenoxy) is 1. The average Bonchev–Trinajstić information content (AvgIpc) is 2.37. The molecule has 110 valence electrons. The lowest BCUT2D eigenvalue weighted by Gasteiger charge is -2.08. The predicted octanol–water partition coefficient (Wildman–Crippen LogP) is 4.14. The van der Waals surface area contributed by atoms with E-state index in [9.17, 15) is 18.0 Å². The molecule has 0 aliphatic heterocycles. The number of carbonyl (C=O) groups is 1. The summed E-state index contributed by atoms with van der Waals surface area (Å²) < 4.78 is 42.5. The summed E-state index contributed by atoms with van der Waals surface area (Å²) in [6.45, 7) is 3.73. The van der Waals surface area contributed by atoms with Crippen LogP contribution in [0.1, 0.15) is 32.3 Å². The second-order valence-corrected chi connectivity index (χ2v) is 4.06. The molecule has 0 fully saturated rings. The summed E-state index contributed by atoms with van der Waals surface area (Å²) in [5, 5.41) is 0. The molecule has 3 nitrogen and oxygen atoms in total. The van der Waals surface area contributed by atoms with Crippen molar-refractivity contribution in [3.05, 3.63) is 29.8 Å². The van der Waals surface area contributed by atoms with Crippen LogP contribution >= 0.6 is 0 Å². The van der Waals surface area contributed by atoms with Crippen LogP contribution in [0.5, 0.6) is 0 Å². The monoisotopic (exact) mass is 287 g/mol. The van der Waals surface area contributed by atoms with E-state index in [-0.39, 0.29) is 18.7 Å². The van der Waals surface area contributed by atoms with Gasteiger partial charge in [0, 0.05) is 5.71 Å². The molecule has 0 spiro atoms. The summed E-state index contributed by atoms with van der Waals surface area (Å²) in [6.07, 6.45) is -3.95. The Hall–Kier alpha value is -1.85. The fraction of sp³-hybridized carbons (Fsp3) is 0.429. The highest BCUT2D eigenvalue weighted by Gasteiger charge is 2.30. The number of rotatable bonds is 5. The van der Waals surface area contributed by atoms with Gasteiger partial charge in [-0.1, -0.05) is 13.0 Å². The molecule has 0 atom stereocenters. The number of aliphatic imine (C=N–C) groups is 1. The zero-order valence-electron chi connectivity index (χ0n) is 11.3. The molecule has 6 heteroatoms. The van der Waals surface area contributed by atoms with E-state index in [4.69, 9.17) is 4.74 Å². The van der Waals surface area contributed by atoms with Crippen LogP contribution in [-0.2, 0) is 15.7 Å². The molecular weight excluding hydrogens is 271 g/mol. The van der Waals surface area contributed by atoms with Crippen LogP contribution < -0.4 is 0 Å². The Kier molecular flexibility index (Phi) is 5.73. The lowest BCUT2D eigenvalue weighted by molar-refractivity contribution is -0.141. The zero-order chi connectivity index (χ0) is 15.2. The van der Waals surface area contributed by atoms with Crippen LogP contribution in [0, 0.1) is 0 Å². The lowest BCUT2D eigenvalue weighted by atomic mass is 10.1. The van der Waals surface area contributed by atoms with Crippen LogP contribution in [0.25, 0.3) is 0 Å². The first kappa shape index (κ1) is 16.2. The second-order valence-electron chi connectivity index (χ2n) is 4.06. The molecule has 0 aromatic heterocycles. The van der Waals surface area contributed by atoms with Crippen molar-refractivity contribution in [1.29, 1.82) is 0 Å². The highest BCUT2D eigenvalue weighted by molar-refractivity contribution is 6.00. The van der Waals surface area contributed by atoms with Gasteiger partial charge in [-0.05, 0) is 31.5 Å². The maximum Gasteiger partial charge on any atom is 0.416 e. The van der Waals surface area contributed by atoms with Gasteiger partial charge in [0.15, 0.2) is 0 Å². The SMILES string of the molecule is CCOC(=O)CC(CC)=Nc1cccc(C(F)(F)F)c1. The standard InChI is InChI=1S/C14H16F3NO2/c1-3-11(9-13(19)20-4-2)18-12-7-5-6-10(8-12)14(15,16)17/h5-8H,3-4,9H2,1-2H3. The Morgan fingerprint density at radius 2 is 2.00 bits per heavy atom. The first-order valence-corrected chi connectivity index (χ1v) is 6.26. The maximum atomic E-state index is 12.6. The minimum atomic E-state index is -4.40. The third-order valence-corrected chi connectivity index (χ3v) is 2.52. The van der Waals surface area contributed by atoms with Gasteiger partial charge in [0.25, 0.3) is 0 Å². The van der Waals surface area contributed by atoms with Gasteiger partial charge in [-0.25, -0.2) is 0 Å². The zero-order valence-corrected chi connectivity index (χ0v) is 11.3. The molecule has 0 unspecified atom stereocenters. The van der Waals surface area contributed by atoms with E-state index >= 15 is 0 Å². The van der Waals surface area contributed by atoms with Crippen molar-refractivity contribution in [2.45, 2.75) is 32.9 Å². The van der Waals surface area contributed by atoms with E-state index in [1.54, 1.807) is 13.8 Å². The van der Waals surface area contributed by atoms with Gasteiger partial charge < -0.3 is 4.74 Å². The summed E-state index contributed by atoms with van der Waals surface area (Å²) in [7, 11) is 0. The highest BCUT2D eigenvalue weighted by atomic mass is 19.4. The first-order valence-electron chi connectivity index (χ1n) is 6.26. The number of hydrogen-bond acceptors (Lipinski definition) is 3. The summed E-state index contributed by atoms with van der Waals surface area (Å²) in [4.78, 5) is 15.4. The Labute approximate surface area is 115 Å². The number of carbonyl (C=O) groups excluding carboxylic acids is 1. The number of halogens is 3. The van der Waals surface area contributed by atoms with Crippen LogP contribution in [0.4, 0.5) is 18.9 Å². The van der Waals surface area contributed by atoms with Crippen molar-refractivity contribution in [2.75, 3.05) is 6.61 Å². The summed E-state index contributed by atoms with van der Waals surface area (Å²) >= 11 is 0. The minimum Gasteiger partial charge on any atom is -0.466 e. The molecule has 1 aromatic carbocycles. The van der Waals surface area contributed by atoms with Gasteiger partial charge in [0.2, 0.25) is 0 Å². The molecule has 0 saturated carbocycles. The van der Waals surface area contributed by atoms with Crippen molar-refractivity contribution in [1.82, 2.24) is 0 Å². The Morgan fingerprint density at radius 3 is 2.55 bits per heavy atom. The number of benzene rings is 1. The van der Waals surface area contributed by atoms with Crippen molar-refractivity contribution >= 4 is 17.4 Å². The van der Waals surface area contributed by atoms with Gasteiger partial charge in [0.1, 0.15) is 0 Å². The number of alkyl halides is 3. The largest absolute Gasteiger partial charge is 0.466 e. The molecule has 0 aliphatic carbocycles. The molecule has 0 heterocycles. The van der Waals surface area contributed by atoms with Gasteiger partial charge in [-0.3, -0.25) is 9.79 Å². The third kappa shape index (κ3) is 5.03. The van der Waals surface area contributed by atoms with Crippen LogP contribution in [0.2, 0.25) is 0 Å². The molecule has 1 rings (SSSR count). The quantitative estimate of drug-likeness (QED) is 0.603. The van der Waals surface area contributed by atoms with Crippen molar-refractivity contribution in [3.8, 4) is 0 Å². The normalized spacial score (nSPS) is 12.3. The van der Waals surface area contributed by atoms with Crippen LogP contribution in [0.3, 0.4) is 0 Å². The molecule has 20 heavy (non-hydrogen) atoms. The Bertz CT molecular complexity index is 495. The van der Waals surface area contributed by atoms with Gasteiger partial charge in [-0.2, -0.15) is 13.2 Å². The van der Waals surface area contributed by atoms with Crippen LogP contribution in [-0.4, -0.2) is 18.3 Å². The summed E-state index contributed by atoms with van der Waals surface area (Å²) in [6, 6.07) is 4.70. The molecular formula is C14H16F3NO2. The smallest absolute Gasteiger partial charge is 0.416 e. The minimum absolute atomic E-state index is 0.0133. The van der Waals surface area contributed by atoms with Gasteiger partial charge >= 0.3 is 12.1 Å². The summed E-state index contributed by atoms with van der Waals surface area (Å²) in [5.41, 5.74) is -0.0888. The molecule has 0 bridgehead atoms. The number of nitrogens with zero attached hydrogens (tertiary/aromatic N) is 1. The fourth-order valence-corrected chi connectivity index (χ4v) is 1.56. The van der Waals surface area contributed by atoms with Crippen molar-refractivity contribution < 1.29 is 22.7 Å². The van der Waals surface area contributed by atoms with Crippen molar-refractivity contribution in [3.63, 3.8) is 0 Å². The van der Waals surface area contributed by atoms with E-state index in [1.165, 1.54) is 12.1 Å². The molecule has 0 radical (unpaired) electrons. The Morgan fingerprint density at radius 1 is 1.30 bits per heavy atom. The lowest BCUT2D eigenvalue weighted by Crippen LogP contribution is -2.10. The van der Waals surface area contributed by atoms with E-state index < -0.39 is 17.7 Å². The van der Waals surface area contributed by atoms with Gasteiger partial charge in [0.05, 0.1) is 24.3 Å². The molecule has 1 aromatic rings.